The first kappa shape index (κ1) is 13.4. The number of nitro benzene ring substituents is 1. The topological polar surface area (TPSA) is 76.2 Å². The van der Waals surface area contributed by atoms with Crippen LogP contribution in [0.1, 0.15) is 5.56 Å². The van der Waals surface area contributed by atoms with Gasteiger partial charge in [-0.05, 0) is 18.2 Å². The van der Waals surface area contributed by atoms with E-state index in [9.17, 15) is 18.9 Å². The summed E-state index contributed by atoms with van der Waals surface area (Å²) in [7, 11) is 0. The van der Waals surface area contributed by atoms with Gasteiger partial charge in [0.2, 0.25) is 5.82 Å². The van der Waals surface area contributed by atoms with Gasteiger partial charge in [0.15, 0.2) is 0 Å². The fourth-order valence-electron chi connectivity index (χ4n) is 1.52. The molecule has 2 aromatic rings. The number of halogens is 2. The highest BCUT2D eigenvalue weighted by Gasteiger charge is 2.16. The summed E-state index contributed by atoms with van der Waals surface area (Å²) in [6, 6.07) is 8.25. The van der Waals surface area contributed by atoms with Crippen LogP contribution in [0.3, 0.4) is 0 Å². The van der Waals surface area contributed by atoms with Crippen LogP contribution in [0.4, 0.5) is 14.5 Å². The summed E-state index contributed by atoms with van der Waals surface area (Å²) in [5.74, 6) is -2.02. The Morgan fingerprint density at radius 1 is 1.20 bits per heavy atom. The van der Waals surface area contributed by atoms with Crippen molar-refractivity contribution >= 4 is 5.69 Å². The van der Waals surface area contributed by atoms with Gasteiger partial charge in [0.25, 0.3) is 0 Å². The molecule has 0 saturated carbocycles. The van der Waals surface area contributed by atoms with Crippen LogP contribution in [0.15, 0.2) is 36.4 Å². The summed E-state index contributed by atoms with van der Waals surface area (Å²) in [5, 5.41) is 19.3. The van der Waals surface area contributed by atoms with Gasteiger partial charge in [0, 0.05) is 12.1 Å². The van der Waals surface area contributed by atoms with E-state index in [0.717, 1.165) is 24.3 Å². The molecule has 2 aromatic carbocycles. The molecule has 0 amide bonds. The SMILES string of the molecule is N#Cc1c(F)cccc1Oc1ccc([N+](=O)[O-])c(F)c1. The van der Waals surface area contributed by atoms with Crippen LogP contribution < -0.4 is 4.74 Å². The first-order valence-corrected chi connectivity index (χ1v) is 5.33. The third-order valence-corrected chi connectivity index (χ3v) is 2.43. The van der Waals surface area contributed by atoms with E-state index in [2.05, 4.69) is 0 Å². The molecule has 0 N–H and O–H groups in total. The molecule has 0 aliphatic heterocycles. The number of rotatable bonds is 3. The van der Waals surface area contributed by atoms with Crippen molar-refractivity contribution in [3.63, 3.8) is 0 Å². The molecule has 0 aromatic heterocycles. The van der Waals surface area contributed by atoms with Gasteiger partial charge >= 0.3 is 5.69 Å². The lowest BCUT2D eigenvalue weighted by atomic mass is 10.2. The molecule has 0 fully saturated rings. The van der Waals surface area contributed by atoms with E-state index in [1.807, 2.05) is 0 Å². The van der Waals surface area contributed by atoms with Gasteiger partial charge in [-0.15, -0.1) is 0 Å². The second-order valence-electron chi connectivity index (χ2n) is 3.70. The third-order valence-electron chi connectivity index (χ3n) is 2.43. The smallest absolute Gasteiger partial charge is 0.305 e. The highest BCUT2D eigenvalue weighted by atomic mass is 19.1. The summed E-state index contributed by atoms with van der Waals surface area (Å²) < 4.78 is 31.9. The van der Waals surface area contributed by atoms with Crippen LogP contribution in [-0.2, 0) is 0 Å². The molecule has 7 heteroatoms. The Bertz CT molecular complexity index is 726. The lowest BCUT2D eigenvalue weighted by Gasteiger charge is -2.07. The van der Waals surface area contributed by atoms with E-state index < -0.39 is 22.2 Å². The van der Waals surface area contributed by atoms with Crippen LogP contribution in [0, 0.1) is 33.1 Å². The predicted octanol–water partition coefficient (Wildman–Crippen LogP) is 3.54. The maximum absolute atomic E-state index is 13.4. The Labute approximate surface area is 111 Å². The van der Waals surface area contributed by atoms with Crippen LogP contribution >= 0.6 is 0 Å². The molecule has 2 rings (SSSR count). The number of benzene rings is 2. The van der Waals surface area contributed by atoms with E-state index in [1.54, 1.807) is 6.07 Å². The number of nitro groups is 1. The molecule has 0 heterocycles. The van der Waals surface area contributed by atoms with Crippen LogP contribution in [0.5, 0.6) is 11.5 Å². The van der Waals surface area contributed by atoms with Crippen LogP contribution in [0.2, 0.25) is 0 Å². The fourth-order valence-corrected chi connectivity index (χ4v) is 1.52. The zero-order valence-electron chi connectivity index (χ0n) is 9.84. The van der Waals surface area contributed by atoms with Crippen molar-refractivity contribution in [2.24, 2.45) is 0 Å². The summed E-state index contributed by atoms with van der Waals surface area (Å²) in [5.41, 5.74) is -1.02. The van der Waals surface area contributed by atoms with Gasteiger partial charge in [0.1, 0.15) is 28.9 Å². The molecule has 0 radical (unpaired) electrons. The van der Waals surface area contributed by atoms with Crippen LogP contribution in [0.25, 0.3) is 0 Å². The zero-order chi connectivity index (χ0) is 14.7. The van der Waals surface area contributed by atoms with Crippen molar-refractivity contribution < 1.29 is 18.4 Å². The van der Waals surface area contributed by atoms with Gasteiger partial charge in [-0.25, -0.2) is 4.39 Å². The second kappa shape index (κ2) is 5.32. The number of hydrogen-bond acceptors (Lipinski definition) is 4. The molecule has 20 heavy (non-hydrogen) atoms. The Morgan fingerprint density at radius 3 is 2.55 bits per heavy atom. The molecule has 0 aliphatic carbocycles. The molecule has 0 spiro atoms. The third kappa shape index (κ3) is 2.54. The second-order valence-corrected chi connectivity index (χ2v) is 3.70. The molecule has 0 aliphatic rings. The number of hydrogen-bond donors (Lipinski definition) is 0. The van der Waals surface area contributed by atoms with Gasteiger partial charge in [-0.2, -0.15) is 9.65 Å². The number of nitrogens with zero attached hydrogens (tertiary/aromatic N) is 2. The Morgan fingerprint density at radius 2 is 1.95 bits per heavy atom. The van der Waals surface area contributed by atoms with E-state index in [1.165, 1.54) is 12.1 Å². The number of nitriles is 1. The first-order valence-electron chi connectivity index (χ1n) is 5.33. The average molecular weight is 276 g/mol. The zero-order valence-corrected chi connectivity index (χ0v) is 9.84. The molecule has 5 nitrogen and oxygen atoms in total. The summed E-state index contributed by atoms with van der Waals surface area (Å²) in [4.78, 5) is 9.60. The molecule has 100 valence electrons. The Hall–Kier alpha value is -3.01. The van der Waals surface area contributed by atoms with E-state index in [0.29, 0.717) is 0 Å². The van der Waals surface area contributed by atoms with Gasteiger partial charge in [0.05, 0.1) is 4.92 Å². The lowest BCUT2D eigenvalue weighted by molar-refractivity contribution is -0.387. The maximum Gasteiger partial charge on any atom is 0.305 e. The van der Waals surface area contributed by atoms with Crippen molar-refractivity contribution in [2.75, 3.05) is 0 Å². The molecule has 0 saturated heterocycles. The predicted molar refractivity (Wildman–Crippen MR) is 64.2 cm³/mol. The summed E-state index contributed by atoms with van der Waals surface area (Å²) in [6.07, 6.45) is 0. The summed E-state index contributed by atoms with van der Waals surface area (Å²) in [6.45, 7) is 0. The number of ether oxygens (including phenoxy) is 1. The van der Waals surface area contributed by atoms with E-state index in [-0.39, 0.29) is 17.1 Å². The van der Waals surface area contributed by atoms with Crippen LogP contribution in [-0.4, -0.2) is 4.92 Å². The van der Waals surface area contributed by atoms with Crippen molar-refractivity contribution in [3.05, 3.63) is 63.7 Å². The van der Waals surface area contributed by atoms with Crippen molar-refractivity contribution in [1.29, 1.82) is 5.26 Å². The standard InChI is InChI=1S/C13H6F2N2O3/c14-10-2-1-3-13(9(10)7-16)20-8-4-5-12(17(18)19)11(15)6-8/h1-6H. The van der Waals surface area contributed by atoms with E-state index >= 15 is 0 Å². The van der Waals surface area contributed by atoms with Gasteiger partial charge in [-0.3, -0.25) is 10.1 Å². The molecular weight excluding hydrogens is 270 g/mol. The average Bonchev–Trinajstić information content (AvgIpc) is 2.38. The van der Waals surface area contributed by atoms with Crippen molar-refractivity contribution in [1.82, 2.24) is 0 Å². The minimum Gasteiger partial charge on any atom is -0.456 e. The monoisotopic (exact) mass is 276 g/mol. The Balaban J connectivity index is 2.37. The van der Waals surface area contributed by atoms with Crippen molar-refractivity contribution in [3.8, 4) is 17.6 Å². The quantitative estimate of drug-likeness (QED) is 0.634. The minimum absolute atomic E-state index is 0.0739. The summed E-state index contributed by atoms with van der Waals surface area (Å²) >= 11 is 0. The molecular formula is C13H6F2N2O3. The van der Waals surface area contributed by atoms with Gasteiger partial charge in [-0.1, -0.05) is 6.07 Å². The normalized spacial score (nSPS) is 9.85. The largest absolute Gasteiger partial charge is 0.456 e. The lowest BCUT2D eigenvalue weighted by Crippen LogP contribution is -1.95. The van der Waals surface area contributed by atoms with E-state index in [4.69, 9.17) is 10.00 Å². The van der Waals surface area contributed by atoms with Crippen molar-refractivity contribution in [2.45, 2.75) is 0 Å². The highest BCUT2D eigenvalue weighted by Crippen LogP contribution is 2.29. The maximum atomic E-state index is 13.4. The Kier molecular flexibility index (Phi) is 3.57. The van der Waals surface area contributed by atoms with Gasteiger partial charge < -0.3 is 4.74 Å². The fraction of sp³-hybridized carbons (Fsp3) is 0. The molecule has 0 unspecified atom stereocenters. The molecule has 0 atom stereocenters. The minimum atomic E-state index is -1.08. The molecule has 0 bridgehead atoms. The highest BCUT2D eigenvalue weighted by molar-refractivity contribution is 5.47. The first-order chi connectivity index (χ1) is 9.52.